The molecule has 19 heavy (non-hydrogen) atoms. The Labute approximate surface area is 118 Å². The van der Waals surface area contributed by atoms with Crippen LogP contribution >= 0.6 is 11.5 Å². The maximum absolute atomic E-state index is 11.3. The number of carboxylic acid groups (broad SMARTS) is 1. The monoisotopic (exact) mass is 285 g/mol. The maximum atomic E-state index is 11.3. The van der Waals surface area contributed by atoms with Crippen LogP contribution in [0.15, 0.2) is 0 Å². The Balaban J connectivity index is 2.96. The molecule has 0 aliphatic rings. The van der Waals surface area contributed by atoms with E-state index in [0.29, 0.717) is 5.13 Å². The lowest BCUT2D eigenvalue weighted by Crippen LogP contribution is -2.50. The molecule has 6 heteroatoms. The largest absolute Gasteiger partial charge is 0.481 e. The number of aliphatic carboxylic acids is 1. The van der Waals surface area contributed by atoms with Gasteiger partial charge in [-0.15, -0.1) is 0 Å². The second-order valence-corrected chi connectivity index (χ2v) is 7.61. The molecular weight excluding hydrogens is 262 g/mol. The van der Waals surface area contributed by atoms with Gasteiger partial charge >= 0.3 is 5.97 Å². The van der Waals surface area contributed by atoms with Crippen molar-refractivity contribution in [3.05, 3.63) is 5.82 Å². The van der Waals surface area contributed by atoms with Crippen LogP contribution in [0.1, 0.15) is 54.3 Å². The van der Waals surface area contributed by atoms with Gasteiger partial charge in [-0.25, -0.2) is 4.98 Å². The van der Waals surface area contributed by atoms with E-state index in [9.17, 15) is 9.90 Å². The second-order valence-electron chi connectivity index (χ2n) is 6.85. The average Bonchev–Trinajstić information content (AvgIpc) is 2.64. The van der Waals surface area contributed by atoms with Crippen molar-refractivity contribution in [1.29, 1.82) is 0 Å². The molecule has 0 amide bonds. The highest BCUT2D eigenvalue weighted by Crippen LogP contribution is 2.35. The molecule has 0 saturated heterocycles. The normalized spacial score (nSPS) is 13.4. The minimum absolute atomic E-state index is 0.108. The number of rotatable bonds is 4. The summed E-state index contributed by atoms with van der Waals surface area (Å²) in [6.07, 6.45) is 0. The molecule has 1 aromatic heterocycles. The van der Waals surface area contributed by atoms with E-state index in [0.717, 1.165) is 5.82 Å². The fraction of sp³-hybridized carbons (Fsp3) is 0.769. The number of nitrogens with zero attached hydrogens (tertiary/aromatic N) is 2. The van der Waals surface area contributed by atoms with Crippen LogP contribution in [0.3, 0.4) is 0 Å². The fourth-order valence-electron chi connectivity index (χ4n) is 1.27. The molecule has 5 nitrogen and oxygen atoms in total. The molecule has 1 heterocycles. The lowest BCUT2D eigenvalue weighted by Gasteiger charge is -2.38. The van der Waals surface area contributed by atoms with E-state index < -0.39 is 16.9 Å². The van der Waals surface area contributed by atoms with E-state index in [1.165, 1.54) is 11.5 Å². The molecule has 0 aliphatic carbocycles. The molecule has 0 fully saturated rings. The first-order chi connectivity index (χ1) is 8.38. The summed E-state index contributed by atoms with van der Waals surface area (Å²) in [6, 6.07) is 0. The molecule has 0 saturated carbocycles. The average molecular weight is 285 g/mol. The Morgan fingerprint density at radius 3 is 2.05 bits per heavy atom. The van der Waals surface area contributed by atoms with E-state index in [1.807, 2.05) is 34.6 Å². The van der Waals surface area contributed by atoms with Gasteiger partial charge in [0.15, 0.2) is 0 Å². The van der Waals surface area contributed by atoms with Crippen molar-refractivity contribution in [3.63, 3.8) is 0 Å². The minimum Gasteiger partial charge on any atom is -0.481 e. The van der Waals surface area contributed by atoms with E-state index in [1.54, 1.807) is 13.8 Å². The predicted molar refractivity (Wildman–Crippen MR) is 77.7 cm³/mol. The van der Waals surface area contributed by atoms with Gasteiger partial charge in [0.25, 0.3) is 0 Å². The Hall–Kier alpha value is -1.17. The molecule has 0 aromatic carbocycles. The first kappa shape index (κ1) is 15.9. The van der Waals surface area contributed by atoms with Gasteiger partial charge in [0.2, 0.25) is 5.13 Å². The molecule has 0 bridgehead atoms. The molecule has 1 rings (SSSR count). The third-order valence-corrected chi connectivity index (χ3v) is 4.24. The Bertz CT molecular complexity index is 472. The summed E-state index contributed by atoms with van der Waals surface area (Å²) in [7, 11) is 0. The Morgan fingerprint density at radius 1 is 1.16 bits per heavy atom. The molecule has 0 unspecified atom stereocenters. The number of nitrogens with one attached hydrogen (secondary N) is 1. The lowest BCUT2D eigenvalue weighted by atomic mass is 9.74. The van der Waals surface area contributed by atoms with E-state index in [-0.39, 0.29) is 5.41 Å². The molecule has 0 aliphatic heterocycles. The van der Waals surface area contributed by atoms with Gasteiger partial charge in [-0.1, -0.05) is 20.8 Å². The predicted octanol–water partition coefficient (Wildman–Crippen LogP) is 3.14. The number of carbonyl (C=O) groups is 1. The molecule has 0 spiro atoms. The van der Waals surface area contributed by atoms with Gasteiger partial charge in [0.05, 0.1) is 5.41 Å². The number of carboxylic acids is 1. The number of hydrogen-bond acceptors (Lipinski definition) is 5. The molecule has 0 radical (unpaired) electrons. The van der Waals surface area contributed by atoms with Gasteiger partial charge in [-0.2, -0.15) is 4.37 Å². The zero-order valence-corrected chi connectivity index (χ0v) is 13.5. The van der Waals surface area contributed by atoms with Crippen molar-refractivity contribution < 1.29 is 9.90 Å². The van der Waals surface area contributed by atoms with Gasteiger partial charge in [-0.05, 0) is 27.7 Å². The third-order valence-electron chi connectivity index (χ3n) is 3.61. The second kappa shape index (κ2) is 4.74. The van der Waals surface area contributed by atoms with Crippen LogP contribution in [0.25, 0.3) is 0 Å². The summed E-state index contributed by atoms with van der Waals surface area (Å²) < 4.78 is 4.32. The topological polar surface area (TPSA) is 75.1 Å². The third kappa shape index (κ3) is 3.23. The zero-order chi connectivity index (χ0) is 15.1. The maximum Gasteiger partial charge on any atom is 0.311 e. The number of hydrogen-bond donors (Lipinski definition) is 2. The van der Waals surface area contributed by atoms with Crippen LogP contribution in [0.4, 0.5) is 5.13 Å². The Morgan fingerprint density at radius 2 is 1.68 bits per heavy atom. The molecule has 2 N–H and O–H groups in total. The smallest absolute Gasteiger partial charge is 0.311 e. The summed E-state index contributed by atoms with van der Waals surface area (Å²) in [5.41, 5.74) is -1.66. The number of anilines is 1. The van der Waals surface area contributed by atoms with Crippen molar-refractivity contribution in [3.8, 4) is 0 Å². The van der Waals surface area contributed by atoms with Crippen molar-refractivity contribution in [2.24, 2.45) is 5.41 Å². The Kier molecular flexibility index (Phi) is 3.96. The van der Waals surface area contributed by atoms with E-state index in [4.69, 9.17) is 0 Å². The van der Waals surface area contributed by atoms with Gasteiger partial charge in [0.1, 0.15) is 5.82 Å². The quantitative estimate of drug-likeness (QED) is 0.889. The zero-order valence-electron chi connectivity index (χ0n) is 12.7. The molecular formula is C13H23N3O2S. The summed E-state index contributed by atoms with van der Waals surface area (Å²) in [5.74, 6) is -0.0745. The van der Waals surface area contributed by atoms with Crippen molar-refractivity contribution in [2.45, 2.75) is 59.4 Å². The van der Waals surface area contributed by atoms with E-state index in [2.05, 4.69) is 14.7 Å². The highest BCUT2D eigenvalue weighted by Gasteiger charge is 2.44. The fourth-order valence-corrected chi connectivity index (χ4v) is 2.19. The highest BCUT2D eigenvalue weighted by molar-refractivity contribution is 7.09. The van der Waals surface area contributed by atoms with Crippen molar-refractivity contribution in [2.75, 3.05) is 5.32 Å². The van der Waals surface area contributed by atoms with Crippen LogP contribution < -0.4 is 5.32 Å². The first-order valence-electron chi connectivity index (χ1n) is 6.24. The summed E-state index contributed by atoms with van der Waals surface area (Å²) in [6.45, 7) is 13.3. The van der Waals surface area contributed by atoms with Gasteiger partial charge < -0.3 is 10.4 Å². The van der Waals surface area contributed by atoms with Crippen molar-refractivity contribution in [1.82, 2.24) is 9.36 Å². The summed E-state index contributed by atoms with van der Waals surface area (Å²) >= 11 is 1.27. The van der Waals surface area contributed by atoms with Crippen LogP contribution in [0.2, 0.25) is 0 Å². The van der Waals surface area contributed by atoms with Gasteiger partial charge in [0, 0.05) is 22.5 Å². The van der Waals surface area contributed by atoms with Crippen LogP contribution in [-0.4, -0.2) is 26.0 Å². The highest BCUT2D eigenvalue weighted by atomic mass is 32.1. The van der Waals surface area contributed by atoms with Crippen LogP contribution in [0.5, 0.6) is 0 Å². The summed E-state index contributed by atoms with van der Waals surface area (Å²) in [5, 5.41) is 13.2. The minimum atomic E-state index is -0.916. The molecule has 1 aromatic rings. The molecule has 108 valence electrons. The van der Waals surface area contributed by atoms with E-state index >= 15 is 0 Å². The van der Waals surface area contributed by atoms with Crippen LogP contribution in [0, 0.1) is 5.41 Å². The van der Waals surface area contributed by atoms with Gasteiger partial charge in [-0.3, -0.25) is 4.79 Å². The summed E-state index contributed by atoms with van der Waals surface area (Å²) in [4.78, 5) is 15.8. The molecule has 0 atom stereocenters. The standard InChI is InChI=1S/C13H23N3O2S/c1-11(2,3)8-14-10(19-16-8)15-13(6,7)12(4,5)9(17)18/h1-7H3,(H,17,18)(H,14,15,16). The number of aromatic nitrogens is 2. The van der Waals surface area contributed by atoms with Crippen LogP contribution in [-0.2, 0) is 10.2 Å². The van der Waals surface area contributed by atoms with Crippen molar-refractivity contribution >= 4 is 22.6 Å². The SMILES string of the molecule is CC(C)(C)c1nsc(NC(C)(C)C(C)(C)C(=O)O)n1. The first-order valence-corrected chi connectivity index (χ1v) is 7.01. The lowest BCUT2D eigenvalue weighted by molar-refractivity contribution is -0.149.